The zero-order valence-electron chi connectivity index (χ0n) is 12.0. The van der Waals surface area contributed by atoms with E-state index in [0.29, 0.717) is 19.4 Å². The highest BCUT2D eigenvalue weighted by atomic mass is 32.2. The highest BCUT2D eigenvalue weighted by molar-refractivity contribution is 7.90. The number of rotatable bonds is 6. The molecule has 2 rings (SSSR count). The highest BCUT2D eigenvalue weighted by Crippen LogP contribution is 2.35. The van der Waals surface area contributed by atoms with Crippen LogP contribution in [0.5, 0.6) is 0 Å². The number of hydrogen-bond donors (Lipinski definition) is 1. The van der Waals surface area contributed by atoms with Crippen LogP contribution in [0.2, 0.25) is 0 Å². The van der Waals surface area contributed by atoms with Gasteiger partial charge in [0.15, 0.2) is 0 Å². The quantitative estimate of drug-likeness (QED) is 0.745. The predicted molar refractivity (Wildman–Crippen MR) is 74.8 cm³/mol. The first kappa shape index (κ1) is 15.3. The number of amides is 2. The van der Waals surface area contributed by atoms with Crippen molar-refractivity contribution in [3.05, 3.63) is 0 Å². The number of piperazine rings is 1. The van der Waals surface area contributed by atoms with Crippen LogP contribution in [0.15, 0.2) is 0 Å². The molecule has 0 aromatic heterocycles. The minimum absolute atomic E-state index is 0.0446. The van der Waals surface area contributed by atoms with E-state index in [-0.39, 0.29) is 23.5 Å². The average molecular weight is 302 g/mol. The number of nitrogens with one attached hydrogen (secondary N) is 1. The number of nitrogens with zero attached hydrogens (tertiary/aromatic N) is 1. The maximum absolute atomic E-state index is 12.4. The molecule has 0 spiro atoms. The fraction of sp³-hybridized carbons (Fsp3) is 0.846. The second-order valence-electron chi connectivity index (χ2n) is 5.76. The van der Waals surface area contributed by atoms with Crippen LogP contribution in [0.3, 0.4) is 0 Å². The molecule has 1 saturated heterocycles. The van der Waals surface area contributed by atoms with Crippen molar-refractivity contribution in [2.45, 2.75) is 44.7 Å². The number of carbonyl (C=O) groups excluding carboxylic acids is 2. The first-order valence-electron chi connectivity index (χ1n) is 7.12. The average Bonchev–Trinajstić information content (AvgIpc) is 3.15. The van der Waals surface area contributed by atoms with Gasteiger partial charge in [0.25, 0.3) is 0 Å². The van der Waals surface area contributed by atoms with Gasteiger partial charge in [-0.2, -0.15) is 0 Å². The summed E-state index contributed by atoms with van der Waals surface area (Å²) in [5.74, 6) is 0.153. The van der Waals surface area contributed by atoms with Gasteiger partial charge >= 0.3 is 0 Å². The monoisotopic (exact) mass is 302 g/mol. The minimum Gasteiger partial charge on any atom is -0.342 e. The maximum Gasteiger partial charge on any atom is 0.246 e. The fourth-order valence-electron chi connectivity index (χ4n) is 2.70. The van der Waals surface area contributed by atoms with Gasteiger partial charge in [-0.1, -0.05) is 6.92 Å². The molecular weight excluding hydrogens is 280 g/mol. The lowest BCUT2D eigenvalue weighted by molar-refractivity contribution is -0.150. The Hall–Kier alpha value is -1.11. The van der Waals surface area contributed by atoms with Gasteiger partial charge < -0.3 is 10.2 Å². The zero-order valence-corrected chi connectivity index (χ0v) is 12.8. The summed E-state index contributed by atoms with van der Waals surface area (Å²) in [5.41, 5.74) is 0. The van der Waals surface area contributed by atoms with Crippen LogP contribution in [0.4, 0.5) is 0 Å². The van der Waals surface area contributed by atoms with E-state index in [1.165, 1.54) is 6.26 Å². The molecular formula is C13H22N2O4S. The molecule has 7 heteroatoms. The van der Waals surface area contributed by atoms with Crippen LogP contribution in [-0.4, -0.2) is 55.8 Å². The van der Waals surface area contributed by atoms with Crippen LogP contribution in [-0.2, 0) is 19.4 Å². The molecule has 6 nitrogen and oxygen atoms in total. The third-order valence-electron chi connectivity index (χ3n) is 3.92. The summed E-state index contributed by atoms with van der Waals surface area (Å²) in [5, 5.41) is 2.82. The second-order valence-corrected chi connectivity index (χ2v) is 8.02. The van der Waals surface area contributed by atoms with Gasteiger partial charge in [0, 0.05) is 12.8 Å². The Balaban J connectivity index is 2.04. The third-order valence-corrected chi connectivity index (χ3v) is 4.95. The van der Waals surface area contributed by atoms with Crippen molar-refractivity contribution in [2.75, 3.05) is 18.6 Å². The molecule has 2 aliphatic rings. The van der Waals surface area contributed by atoms with Gasteiger partial charge in [-0.15, -0.1) is 0 Å². The standard InChI is InChI=1S/C13H22N2O4S/c1-3-10-12(16)14-11(9-5-6-9)13(17)15(10)7-4-8-20(2,18)19/h9-11H,3-8H2,1-2H3,(H,14,16). The molecule has 0 aromatic rings. The number of hydrogen-bond acceptors (Lipinski definition) is 4. The first-order valence-corrected chi connectivity index (χ1v) is 9.18. The van der Waals surface area contributed by atoms with Crippen molar-refractivity contribution in [1.82, 2.24) is 10.2 Å². The molecule has 1 aliphatic heterocycles. The van der Waals surface area contributed by atoms with Crippen molar-refractivity contribution < 1.29 is 18.0 Å². The normalized spacial score (nSPS) is 27.6. The largest absolute Gasteiger partial charge is 0.342 e. The van der Waals surface area contributed by atoms with Crippen LogP contribution in [0, 0.1) is 5.92 Å². The van der Waals surface area contributed by atoms with Gasteiger partial charge in [-0.3, -0.25) is 9.59 Å². The van der Waals surface area contributed by atoms with Crippen molar-refractivity contribution in [3.8, 4) is 0 Å². The Kier molecular flexibility index (Phi) is 4.36. The van der Waals surface area contributed by atoms with Gasteiger partial charge in [0.2, 0.25) is 11.8 Å². The maximum atomic E-state index is 12.4. The van der Waals surface area contributed by atoms with Crippen LogP contribution in [0.25, 0.3) is 0 Å². The molecule has 2 amide bonds. The lowest BCUT2D eigenvalue weighted by Gasteiger charge is -2.38. The van der Waals surface area contributed by atoms with Gasteiger partial charge in [0.1, 0.15) is 21.9 Å². The molecule has 0 radical (unpaired) electrons. The topological polar surface area (TPSA) is 83.6 Å². The molecule has 2 atom stereocenters. The molecule has 1 heterocycles. The smallest absolute Gasteiger partial charge is 0.246 e. The molecule has 0 bridgehead atoms. The molecule has 0 aromatic carbocycles. The summed E-state index contributed by atoms with van der Waals surface area (Å²) in [6.07, 6.45) is 4.07. The van der Waals surface area contributed by atoms with Crippen molar-refractivity contribution in [2.24, 2.45) is 5.92 Å². The van der Waals surface area contributed by atoms with E-state index < -0.39 is 21.9 Å². The van der Waals surface area contributed by atoms with Gasteiger partial charge in [-0.05, 0) is 31.6 Å². The van der Waals surface area contributed by atoms with E-state index in [0.717, 1.165) is 12.8 Å². The van der Waals surface area contributed by atoms with E-state index in [2.05, 4.69) is 5.32 Å². The molecule has 20 heavy (non-hydrogen) atoms. The lowest BCUT2D eigenvalue weighted by Crippen LogP contribution is -2.64. The molecule has 1 aliphatic carbocycles. The molecule has 1 saturated carbocycles. The SMILES string of the molecule is CCC1C(=O)NC(C2CC2)C(=O)N1CCCS(C)(=O)=O. The fourth-order valence-corrected chi connectivity index (χ4v) is 3.36. The molecule has 2 fully saturated rings. The Labute approximate surface area is 119 Å². The predicted octanol–water partition coefficient (Wildman–Crippen LogP) is -0.0633. The van der Waals surface area contributed by atoms with Gasteiger partial charge in [0.05, 0.1) is 5.75 Å². The number of carbonyl (C=O) groups is 2. The van der Waals surface area contributed by atoms with Crippen molar-refractivity contribution >= 4 is 21.7 Å². The van der Waals surface area contributed by atoms with Crippen LogP contribution >= 0.6 is 0 Å². The summed E-state index contributed by atoms with van der Waals surface area (Å²) in [6.45, 7) is 2.19. The summed E-state index contributed by atoms with van der Waals surface area (Å²) >= 11 is 0. The summed E-state index contributed by atoms with van der Waals surface area (Å²) in [6, 6.07) is -0.861. The van der Waals surface area contributed by atoms with E-state index >= 15 is 0 Å². The molecule has 1 N–H and O–H groups in total. The summed E-state index contributed by atoms with van der Waals surface area (Å²) in [7, 11) is -3.04. The van der Waals surface area contributed by atoms with E-state index in [1.54, 1.807) is 4.90 Å². The number of sulfone groups is 1. The van der Waals surface area contributed by atoms with Gasteiger partial charge in [-0.25, -0.2) is 8.42 Å². The van der Waals surface area contributed by atoms with Crippen molar-refractivity contribution in [3.63, 3.8) is 0 Å². The Morgan fingerprint density at radius 3 is 2.45 bits per heavy atom. The Bertz CT molecular complexity index is 499. The Morgan fingerprint density at radius 1 is 1.30 bits per heavy atom. The van der Waals surface area contributed by atoms with E-state index in [1.807, 2.05) is 6.92 Å². The molecule has 2 unspecified atom stereocenters. The third kappa shape index (κ3) is 3.50. The molecule has 114 valence electrons. The second kappa shape index (κ2) is 5.71. The van der Waals surface area contributed by atoms with E-state index in [4.69, 9.17) is 0 Å². The Morgan fingerprint density at radius 2 is 1.95 bits per heavy atom. The van der Waals surface area contributed by atoms with Crippen LogP contribution < -0.4 is 5.32 Å². The van der Waals surface area contributed by atoms with E-state index in [9.17, 15) is 18.0 Å². The van der Waals surface area contributed by atoms with Crippen molar-refractivity contribution in [1.29, 1.82) is 0 Å². The first-order chi connectivity index (χ1) is 9.33. The zero-order chi connectivity index (χ0) is 14.9. The lowest BCUT2D eigenvalue weighted by atomic mass is 10.0. The highest BCUT2D eigenvalue weighted by Gasteiger charge is 2.45. The van der Waals surface area contributed by atoms with Crippen LogP contribution in [0.1, 0.15) is 32.6 Å². The minimum atomic E-state index is -3.04. The summed E-state index contributed by atoms with van der Waals surface area (Å²) < 4.78 is 22.3. The summed E-state index contributed by atoms with van der Waals surface area (Å²) in [4.78, 5) is 26.1.